The summed E-state index contributed by atoms with van der Waals surface area (Å²) >= 11 is 0. The smallest absolute Gasteiger partial charge is 0.121 e. The molecule has 1 aliphatic rings. The van der Waals surface area contributed by atoms with Gasteiger partial charge < -0.3 is 15.2 Å². The van der Waals surface area contributed by atoms with Gasteiger partial charge in [-0.2, -0.15) is 0 Å². The summed E-state index contributed by atoms with van der Waals surface area (Å²) in [6.45, 7) is 3.39. The first-order chi connectivity index (χ1) is 7.75. The molecular weight excluding hydrogens is 202 g/mol. The lowest BCUT2D eigenvalue weighted by atomic mass is 10.0. The monoisotopic (exact) mass is 221 g/mol. The summed E-state index contributed by atoms with van der Waals surface area (Å²) < 4.78 is 5.58. The summed E-state index contributed by atoms with van der Waals surface area (Å²) in [6.07, 6.45) is 2.73. The number of hydrogen-bond acceptors (Lipinski definition) is 3. The quantitative estimate of drug-likeness (QED) is 0.819. The molecule has 0 bridgehead atoms. The highest BCUT2D eigenvalue weighted by Gasteiger charge is 2.09. The fourth-order valence-electron chi connectivity index (χ4n) is 1.88. The molecule has 0 saturated heterocycles. The van der Waals surface area contributed by atoms with Gasteiger partial charge in [-0.3, -0.25) is 0 Å². The first kappa shape index (κ1) is 11.3. The normalized spacial score (nSPS) is 16.1. The second-order valence-corrected chi connectivity index (χ2v) is 4.34. The number of nitrogens with one attached hydrogen (secondary N) is 1. The van der Waals surface area contributed by atoms with Gasteiger partial charge in [-0.05, 0) is 31.4 Å². The van der Waals surface area contributed by atoms with Crippen molar-refractivity contribution in [2.45, 2.75) is 32.3 Å². The fraction of sp³-hybridized carbons (Fsp3) is 0.538. The molecule has 0 amide bonds. The van der Waals surface area contributed by atoms with Crippen LogP contribution in [-0.4, -0.2) is 24.4 Å². The van der Waals surface area contributed by atoms with Crippen molar-refractivity contribution < 1.29 is 9.84 Å². The first-order valence-electron chi connectivity index (χ1n) is 5.93. The molecule has 1 aromatic carbocycles. The second-order valence-electron chi connectivity index (χ2n) is 4.34. The van der Waals surface area contributed by atoms with Crippen molar-refractivity contribution in [1.82, 2.24) is 0 Å². The van der Waals surface area contributed by atoms with Crippen molar-refractivity contribution in [2.75, 3.05) is 18.5 Å². The average Bonchev–Trinajstić information content (AvgIpc) is 2.28. The Morgan fingerprint density at radius 1 is 1.50 bits per heavy atom. The zero-order valence-corrected chi connectivity index (χ0v) is 9.70. The Bertz CT molecular complexity index is 350. The third-order valence-electron chi connectivity index (χ3n) is 2.82. The van der Waals surface area contributed by atoms with Gasteiger partial charge in [0.25, 0.3) is 0 Å². The number of benzene rings is 1. The van der Waals surface area contributed by atoms with Crippen LogP contribution < -0.4 is 10.1 Å². The Kier molecular flexibility index (Phi) is 3.67. The van der Waals surface area contributed by atoms with Crippen molar-refractivity contribution in [3.63, 3.8) is 0 Å². The molecule has 88 valence electrons. The number of anilines is 1. The second kappa shape index (κ2) is 5.21. The van der Waals surface area contributed by atoms with Gasteiger partial charge in [0, 0.05) is 24.7 Å². The van der Waals surface area contributed by atoms with E-state index in [4.69, 9.17) is 9.84 Å². The van der Waals surface area contributed by atoms with E-state index >= 15 is 0 Å². The highest BCUT2D eigenvalue weighted by atomic mass is 16.5. The fourth-order valence-corrected chi connectivity index (χ4v) is 1.88. The lowest BCUT2D eigenvalue weighted by Gasteiger charge is -2.18. The van der Waals surface area contributed by atoms with E-state index in [0.29, 0.717) is 13.0 Å². The average molecular weight is 221 g/mol. The van der Waals surface area contributed by atoms with Crippen LogP contribution in [0.15, 0.2) is 18.2 Å². The number of rotatable bonds is 4. The van der Waals surface area contributed by atoms with Gasteiger partial charge in [0.1, 0.15) is 5.75 Å². The third-order valence-corrected chi connectivity index (χ3v) is 2.82. The van der Waals surface area contributed by atoms with Gasteiger partial charge in [0.15, 0.2) is 0 Å². The number of ether oxygens (including phenoxy) is 1. The van der Waals surface area contributed by atoms with E-state index < -0.39 is 0 Å². The molecule has 0 aromatic heterocycles. The van der Waals surface area contributed by atoms with Crippen LogP contribution in [0.1, 0.15) is 25.3 Å². The van der Waals surface area contributed by atoms with Crippen LogP contribution in [0.5, 0.6) is 5.75 Å². The molecule has 0 spiro atoms. The van der Waals surface area contributed by atoms with Crippen molar-refractivity contribution in [2.24, 2.45) is 0 Å². The topological polar surface area (TPSA) is 41.5 Å². The molecule has 0 saturated carbocycles. The van der Waals surface area contributed by atoms with E-state index in [1.54, 1.807) is 6.92 Å². The maximum atomic E-state index is 9.13. The zero-order valence-electron chi connectivity index (χ0n) is 9.70. The van der Waals surface area contributed by atoms with E-state index in [1.807, 2.05) is 6.07 Å². The van der Waals surface area contributed by atoms with Gasteiger partial charge >= 0.3 is 0 Å². The van der Waals surface area contributed by atoms with E-state index in [1.165, 1.54) is 17.7 Å². The van der Waals surface area contributed by atoms with Gasteiger partial charge in [0.05, 0.1) is 12.7 Å². The van der Waals surface area contributed by atoms with E-state index in [0.717, 1.165) is 18.7 Å². The molecule has 0 aliphatic carbocycles. The van der Waals surface area contributed by atoms with Crippen molar-refractivity contribution in [3.05, 3.63) is 23.8 Å². The Hall–Kier alpha value is -1.22. The van der Waals surface area contributed by atoms with Crippen molar-refractivity contribution in [1.29, 1.82) is 0 Å². The largest absolute Gasteiger partial charge is 0.493 e. The molecule has 3 nitrogen and oxygen atoms in total. The van der Waals surface area contributed by atoms with Gasteiger partial charge in [-0.1, -0.05) is 6.07 Å². The molecule has 1 atom stereocenters. The first-order valence-corrected chi connectivity index (χ1v) is 5.93. The molecule has 16 heavy (non-hydrogen) atoms. The summed E-state index contributed by atoms with van der Waals surface area (Å²) in [5.41, 5.74) is 2.56. The minimum absolute atomic E-state index is 0.296. The highest BCUT2D eigenvalue weighted by Crippen LogP contribution is 2.26. The van der Waals surface area contributed by atoms with Crippen LogP contribution in [0.3, 0.4) is 0 Å². The molecular formula is C13H19NO2. The number of aryl methyl sites for hydroxylation is 1. The highest BCUT2D eigenvalue weighted by molar-refractivity contribution is 5.56. The SMILES string of the molecule is CC(O)CCOc1ccc2c(c1)NCCC2. The van der Waals surface area contributed by atoms with Crippen LogP contribution >= 0.6 is 0 Å². The van der Waals surface area contributed by atoms with Crippen molar-refractivity contribution >= 4 is 5.69 Å². The van der Waals surface area contributed by atoms with Crippen molar-refractivity contribution in [3.8, 4) is 5.75 Å². The summed E-state index contributed by atoms with van der Waals surface area (Å²) in [4.78, 5) is 0. The molecule has 1 aromatic rings. The Balaban J connectivity index is 1.95. The summed E-state index contributed by atoms with van der Waals surface area (Å²) in [5.74, 6) is 0.883. The summed E-state index contributed by atoms with van der Waals surface area (Å²) in [6, 6.07) is 6.18. The number of hydrogen-bond donors (Lipinski definition) is 2. The Morgan fingerprint density at radius 2 is 2.38 bits per heavy atom. The Morgan fingerprint density at radius 3 is 3.19 bits per heavy atom. The minimum atomic E-state index is -0.296. The minimum Gasteiger partial charge on any atom is -0.493 e. The summed E-state index contributed by atoms with van der Waals surface area (Å²) in [5, 5.41) is 12.5. The molecule has 0 fully saturated rings. The summed E-state index contributed by atoms with van der Waals surface area (Å²) in [7, 11) is 0. The van der Waals surface area contributed by atoms with Crippen LogP contribution in [0.2, 0.25) is 0 Å². The molecule has 3 heteroatoms. The maximum Gasteiger partial charge on any atom is 0.121 e. The lowest BCUT2D eigenvalue weighted by Crippen LogP contribution is -2.12. The predicted octanol–water partition coefficient (Wildman–Crippen LogP) is 2.19. The van der Waals surface area contributed by atoms with Crippen LogP contribution in [0.25, 0.3) is 0 Å². The predicted molar refractivity (Wildman–Crippen MR) is 65.0 cm³/mol. The third kappa shape index (κ3) is 2.89. The number of aliphatic hydroxyl groups is 1. The van der Waals surface area contributed by atoms with E-state index in [9.17, 15) is 0 Å². The molecule has 2 rings (SSSR count). The molecule has 0 radical (unpaired) electrons. The van der Waals surface area contributed by atoms with Crippen LogP contribution in [0, 0.1) is 0 Å². The number of fused-ring (bicyclic) bond motifs is 1. The molecule has 1 heterocycles. The standard InChI is InChI=1S/C13H19NO2/c1-10(15)6-8-16-12-5-4-11-3-2-7-14-13(11)9-12/h4-5,9-10,14-15H,2-3,6-8H2,1H3. The van der Waals surface area contributed by atoms with E-state index in [2.05, 4.69) is 17.4 Å². The van der Waals surface area contributed by atoms with Crippen LogP contribution in [-0.2, 0) is 6.42 Å². The zero-order chi connectivity index (χ0) is 11.4. The molecule has 2 N–H and O–H groups in total. The molecule has 1 unspecified atom stereocenters. The maximum absolute atomic E-state index is 9.13. The van der Waals surface area contributed by atoms with Gasteiger partial charge in [0.2, 0.25) is 0 Å². The number of aliphatic hydroxyl groups excluding tert-OH is 1. The van der Waals surface area contributed by atoms with Gasteiger partial charge in [-0.15, -0.1) is 0 Å². The van der Waals surface area contributed by atoms with Crippen LogP contribution in [0.4, 0.5) is 5.69 Å². The lowest BCUT2D eigenvalue weighted by molar-refractivity contribution is 0.155. The molecule has 1 aliphatic heterocycles. The van der Waals surface area contributed by atoms with Gasteiger partial charge in [-0.25, -0.2) is 0 Å². The van der Waals surface area contributed by atoms with E-state index in [-0.39, 0.29) is 6.10 Å². The Labute approximate surface area is 96.4 Å².